The Hall–Kier alpha value is -0.260. The lowest BCUT2D eigenvalue weighted by molar-refractivity contribution is 0.256. The van der Waals surface area contributed by atoms with E-state index in [9.17, 15) is 8.42 Å². The summed E-state index contributed by atoms with van der Waals surface area (Å²) in [5.74, 6) is 0.553. The zero-order valence-electron chi connectivity index (χ0n) is 9.40. The predicted octanol–water partition coefficient (Wildman–Crippen LogP) is 3.42. The van der Waals surface area contributed by atoms with Crippen molar-refractivity contribution in [1.29, 1.82) is 0 Å². The van der Waals surface area contributed by atoms with Gasteiger partial charge in [-0.2, -0.15) is 0 Å². The molecule has 1 aromatic rings. The van der Waals surface area contributed by atoms with Crippen molar-refractivity contribution in [2.45, 2.75) is 13.3 Å². The molecule has 0 fully saturated rings. The Labute approximate surface area is 115 Å². The second-order valence-corrected chi connectivity index (χ2v) is 7.40. The Bertz CT molecular complexity index is 462. The van der Waals surface area contributed by atoms with Crippen molar-refractivity contribution >= 4 is 35.7 Å². The normalized spacial score (nSPS) is 13.4. The maximum atomic E-state index is 11.0. The maximum absolute atomic E-state index is 11.0. The largest absolute Gasteiger partial charge is 0.492 e. The lowest BCUT2D eigenvalue weighted by atomic mass is 10.1. The van der Waals surface area contributed by atoms with Crippen molar-refractivity contribution in [3.05, 3.63) is 28.7 Å². The Balaban J connectivity index is 2.57. The van der Waals surface area contributed by atoms with E-state index in [1.807, 2.05) is 31.2 Å². The number of para-hydroxylation sites is 1. The minimum absolute atomic E-state index is 0.0600. The summed E-state index contributed by atoms with van der Waals surface area (Å²) < 4.78 is 28.4. The van der Waals surface area contributed by atoms with Gasteiger partial charge in [0, 0.05) is 16.6 Å². The van der Waals surface area contributed by atoms with Gasteiger partial charge < -0.3 is 4.74 Å². The highest BCUT2D eigenvalue weighted by molar-refractivity contribution is 9.10. The van der Waals surface area contributed by atoms with Crippen LogP contribution >= 0.6 is 26.6 Å². The van der Waals surface area contributed by atoms with E-state index in [1.54, 1.807) is 0 Å². The van der Waals surface area contributed by atoms with Crippen LogP contribution in [0.5, 0.6) is 5.75 Å². The quantitative estimate of drug-likeness (QED) is 0.745. The third kappa shape index (κ3) is 5.75. The molecule has 3 nitrogen and oxygen atoms in total. The fraction of sp³-hybridized carbons (Fsp3) is 0.455. The summed E-state index contributed by atoms with van der Waals surface area (Å²) in [5, 5.41) is 0. The summed E-state index contributed by atoms with van der Waals surface area (Å²) >= 11 is 3.36. The zero-order valence-corrected chi connectivity index (χ0v) is 12.6. The standard InChI is InChI=1S/C11H14BrClO3S/c1-2-9(8-17(13,14)15)7-16-11-6-4-3-5-10(11)12/h3-6,9H,2,7-8H2,1H3. The van der Waals surface area contributed by atoms with E-state index in [1.165, 1.54) is 0 Å². The lowest BCUT2D eigenvalue weighted by Gasteiger charge is -2.15. The first kappa shape index (κ1) is 14.8. The second kappa shape index (κ2) is 6.61. The average Bonchev–Trinajstić information content (AvgIpc) is 2.24. The summed E-state index contributed by atoms with van der Waals surface area (Å²) in [6, 6.07) is 7.44. The Kier molecular flexibility index (Phi) is 5.76. The molecule has 6 heteroatoms. The maximum Gasteiger partial charge on any atom is 0.232 e. The predicted molar refractivity (Wildman–Crippen MR) is 73.1 cm³/mol. The third-order valence-corrected chi connectivity index (χ3v) is 4.23. The highest BCUT2D eigenvalue weighted by Gasteiger charge is 2.16. The molecule has 1 unspecified atom stereocenters. The number of hydrogen-bond donors (Lipinski definition) is 0. The fourth-order valence-corrected chi connectivity index (χ4v) is 3.16. The molecule has 0 aromatic heterocycles. The molecule has 1 aromatic carbocycles. The van der Waals surface area contributed by atoms with Crippen molar-refractivity contribution in [3.63, 3.8) is 0 Å². The lowest BCUT2D eigenvalue weighted by Crippen LogP contribution is -2.19. The van der Waals surface area contributed by atoms with Crippen LogP contribution in [0.4, 0.5) is 0 Å². The summed E-state index contributed by atoms with van der Waals surface area (Å²) in [4.78, 5) is 0. The van der Waals surface area contributed by atoms with Crippen molar-refractivity contribution in [2.75, 3.05) is 12.4 Å². The Morgan fingerprint density at radius 3 is 2.59 bits per heavy atom. The van der Waals surface area contributed by atoms with Crippen LogP contribution in [0, 0.1) is 5.92 Å². The van der Waals surface area contributed by atoms with Gasteiger partial charge in [0.1, 0.15) is 5.75 Å². The summed E-state index contributed by atoms with van der Waals surface area (Å²) in [6.45, 7) is 2.25. The molecule has 0 heterocycles. The number of benzene rings is 1. The zero-order chi connectivity index (χ0) is 12.9. The number of hydrogen-bond acceptors (Lipinski definition) is 3. The first-order valence-electron chi connectivity index (χ1n) is 5.22. The molecular weight excluding hydrogens is 328 g/mol. The molecule has 0 aliphatic heterocycles. The summed E-state index contributed by atoms with van der Waals surface area (Å²) in [7, 11) is 1.76. The molecule has 0 radical (unpaired) electrons. The van der Waals surface area contributed by atoms with E-state index in [-0.39, 0.29) is 11.7 Å². The smallest absolute Gasteiger partial charge is 0.232 e. The van der Waals surface area contributed by atoms with Gasteiger partial charge in [-0.25, -0.2) is 8.42 Å². The molecule has 1 atom stereocenters. The van der Waals surface area contributed by atoms with Crippen LogP contribution in [0.2, 0.25) is 0 Å². The molecule has 0 aliphatic rings. The van der Waals surface area contributed by atoms with Crippen LogP contribution in [0.3, 0.4) is 0 Å². The number of ether oxygens (including phenoxy) is 1. The monoisotopic (exact) mass is 340 g/mol. The van der Waals surface area contributed by atoms with Crippen LogP contribution in [-0.2, 0) is 9.05 Å². The second-order valence-electron chi connectivity index (χ2n) is 3.72. The van der Waals surface area contributed by atoms with Crippen LogP contribution in [0.1, 0.15) is 13.3 Å². The molecule has 0 spiro atoms. The van der Waals surface area contributed by atoms with Gasteiger partial charge in [-0.05, 0) is 34.5 Å². The minimum Gasteiger partial charge on any atom is -0.492 e. The van der Waals surface area contributed by atoms with Gasteiger partial charge in [0.15, 0.2) is 0 Å². The molecule has 0 N–H and O–H groups in total. The van der Waals surface area contributed by atoms with E-state index in [0.717, 1.165) is 4.47 Å². The van der Waals surface area contributed by atoms with E-state index in [0.29, 0.717) is 18.8 Å². The van der Waals surface area contributed by atoms with Gasteiger partial charge in [0.25, 0.3) is 0 Å². The average molecular weight is 342 g/mol. The van der Waals surface area contributed by atoms with Crippen molar-refractivity contribution in [1.82, 2.24) is 0 Å². The van der Waals surface area contributed by atoms with E-state index >= 15 is 0 Å². The highest BCUT2D eigenvalue weighted by atomic mass is 79.9. The molecule has 0 amide bonds. The van der Waals surface area contributed by atoms with Gasteiger partial charge >= 0.3 is 0 Å². The molecule has 0 aliphatic carbocycles. The SMILES string of the molecule is CCC(COc1ccccc1Br)CS(=O)(=O)Cl. The van der Waals surface area contributed by atoms with Crippen molar-refractivity contribution < 1.29 is 13.2 Å². The van der Waals surface area contributed by atoms with Crippen LogP contribution in [0.25, 0.3) is 0 Å². The summed E-state index contributed by atoms with van der Waals surface area (Å²) in [5.41, 5.74) is 0. The molecular formula is C11H14BrClO3S. The van der Waals surface area contributed by atoms with E-state index in [2.05, 4.69) is 15.9 Å². The minimum atomic E-state index is -3.47. The third-order valence-electron chi connectivity index (χ3n) is 2.32. The van der Waals surface area contributed by atoms with E-state index < -0.39 is 9.05 Å². The molecule has 1 rings (SSSR count). The Morgan fingerprint density at radius 1 is 1.41 bits per heavy atom. The van der Waals surface area contributed by atoms with Crippen LogP contribution in [0.15, 0.2) is 28.7 Å². The first-order chi connectivity index (χ1) is 7.92. The van der Waals surface area contributed by atoms with Crippen molar-refractivity contribution in [3.8, 4) is 5.75 Å². The van der Waals surface area contributed by atoms with Gasteiger partial charge in [0.05, 0.1) is 16.8 Å². The first-order valence-corrected chi connectivity index (χ1v) is 8.49. The van der Waals surface area contributed by atoms with E-state index in [4.69, 9.17) is 15.4 Å². The fourth-order valence-electron chi connectivity index (χ4n) is 1.33. The number of rotatable bonds is 6. The molecule has 0 saturated heterocycles. The molecule has 96 valence electrons. The summed E-state index contributed by atoms with van der Waals surface area (Å²) in [6.07, 6.45) is 0.705. The van der Waals surface area contributed by atoms with Gasteiger partial charge in [-0.1, -0.05) is 19.1 Å². The van der Waals surface area contributed by atoms with Gasteiger partial charge in [-0.15, -0.1) is 0 Å². The topological polar surface area (TPSA) is 43.4 Å². The number of halogens is 2. The van der Waals surface area contributed by atoms with Gasteiger partial charge in [-0.3, -0.25) is 0 Å². The Morgan fingerprint density at radius 2 is 2.06 bits per heavy atom. The molecule has 17 heavy (non-hydrogen) atoms. The molecule has 0 bridgehead atoms. The highest BCUT2D eigenvalue weighted by Crippen LogP contribution is 2.24. The molecule has 0 saturated carbocycles. The van der Waals surface area contributed by atoms with Crippen molar-refractivity contribution in [2.24, 2.45) is 5.92 Å². The van der Waals surface area contributed by atoms with Crippen LogP contribution in [-0.4, -0.2) is 20.8 Å². The van der Waals surface area contributed by atoms with Crippen LogP contribution < -0.4 is 4.74 Å². The van der Waals surface area contributed by atoms with Gasteiger partial charge in [0.2, 0.25) is 9.05 Å².